The van der Waals surface area contributed by atoms with Gasteiger partial charge >= 0.3 is 0 Å². The largest absolute Gasteiger partial charge is 0.299 e. The van der Waals surface area contributed by atoms with Crippen LogP contribution in [0.5, 0.6) is 0 Å². The van der Waals surface area contributed by atoms with Crippen molar-refractivity contribution in [3.05, 3.63) is 71.5 Å². The Bertz CT molecular complexity index is 653. The van der Waals surface area contributed by atoms with Gasteiger partial charge in [-0.15, -0.1) is 0 Å². The van der Waals surface area contributed by atoms with Crippen molar-refractivity contribution in [3.8, 4) is 0 Å². The van der Waals surface area contributed by atoms with Crippen molar-refractivity contribution >= 4 is 0 Å². The predicted octanol–water partition coefficient (Wildman–Crippen LogP) is 4.35. The molecule has 3 rings (SSSR count). The number of likely N-dealkylation sites (N-methyl/N-ethyl adjacent to an activating group) is 1. The molecule has 1 heterocycles. The summed E-state index contributed by atoms with van der Waals surface area (Å²) in [4.78, 5) is 5.09. The molecular formula is C22H29FN2. The summed E-state index contributed by atoms with van der Waals surface area (Å²) >= 11 is 0. The molecule has 0 saturated carbocycles. The van der Waals surface area contributed by atoms with E-state index in [0.717, 1.165) is 19.5 Å². The van der Waals surface area contributed by atoms with Crippen LogP contribution in [0.15, 0.2) is 54.6 Å². The lowest BCUT2D eigenvalue weighted by Crippen LogP contribution is -2.47. The second-order valence-corrected chi connectivity index (χ2v) is 7.47. The molecule has 134 valence electrons. The summed E-state index contributed by atoms with van der Waals surface area (Å²) in [5.41, 5.74) is 2.58. The summed E-state index contributed by atoms with van der Waals surface area (Å²) in [6.07, 6.45) is 2.25. The standard InChI is InChI=1S/C22H29FN2/c1-17(2)24(3)21-13-14-25(16-19-9-11-20(23)12-10-19)22(21)15-18-7-5-4-6-8-18/h4-12,17,21-22H,13-16H2,1-3H3/t21-,22+/m1/s1. The predicted molar refractivity (Wildman–Crippen MR) is 102 cm³/mol. The zero-order chi connectivity index (χ0) is 17.8. The Labute approximate surface area is 151 Å². The third-order valence-corrected chi connectivity index (χ3v) is 5.55. The van der Waals surface area contributed by atoms with Gasteiger partial charge in [0.25, 0.3) is 0 Å². The highest BCUT2D eigenvalue weighted by Gasteiger charge is 2.37. The SMILES string of the molecule is CC(C)N(C)[C@@H]1CCN(Cc2ccc(F)cc2)[C@H]1Cc1ccccc1. The molecule has 0 bridgehead atoms. The van der Waals surface area contributed by atoms with Gasteiger partial charge in [-0.05, 0) is 57.0 Å². The molecule has 2 aromatic carbocycles. The van der Waals surface area contributed by atoms with E-state index in [0.29, 0.717) is 18.1 Å². The van der Waals surface area contributed by atoms with Gasteiger partial charge in [-0.25, -0.2) is 4.39 Å². The molecule has 1 aliphatic rings. The Hall–Kier alpha value is -1.71. The van der Waals surface area contributed by atoms with Crippen LogP contribution in [0.3, 0.4) is 0 Å². The Kier molecular flexibility index (Phi) is 5.87. The molecule has 0 aliphatic carbocycles. The Morgan fingerprint density at radius 1 is 1.04 bits per heavy atom. The molecule has 0 unspecified atom stereocenters. The van der Waals surface area contributed by atoms with Crippen molar-refractivity contribution in [3.63, 3.8) is 0 Å². The lowest BCUT2D eigenvalue weighted by molar-refractivity contribution is 0.135. The average Bonchev–Trinajstić information content (AvgIpc) is 2.99. The fourth-order valence-corrected chi connectivity index (χ4v) is 3.90. The normalized spacial score (nSPS) is 21.4. The second-order valence-electron chi connectivity index (χ2n) is 7.47. The monoisotopic (exact) mass is 340 g/mol. The highest BCUT2D eigenvalue weighted by atomic mass is 19.1. The number of likely N-dealkylation sites (tertiary alicyclic amines) is 1. The van der Waals surface area contributed by atoms with Crippen LogP contribution in [0.2, 0.25) is 0 Å². The fourth-order valence-electron chi connectivity index (χ4n) is 3.90. The van der Waals surface area contributed by atoms with Crippen LogP contribution >= 0.6 is 0 Å². The Morgan fingerprint density at radius 2 is 1.72 bits per heavy atom. The summed E-state index contributed by atoms with van der Waals surface area (Å²) in [5, 5.41) is 0. The lowest BCUT2D eigenvalue weighted by atomic mass is 9.98. The quantitative estimate of drug-likeness (QED) is 0.771. The van der Waals surface area contributed by atoms with Gasteiger partial charge in [0.15, 0.2) is 0 Å². The Balaban J connectivity index is 1.79. The summed E-state index contributed by atoms with van der Waals surface area (Å²) < 4.78 is 13.2. The molecule has 1 aliphatic heterocycles. The molecule has 3 heteroatoms. The zero-order valence-corrected chi connectivity index (χ0v) is 15.5. The minimum Gasteiger partial charge on any atom is -0.299 e. The first-order valence-corrected chi connectivity index (χ1v) is 9.29. The summed E-state index contributed by atoms with van der Waals surface area (Å²) in [7, 11) is 2.24. The van der Waals surface area contributed by atoms with Gasteiger partial charge in [0.2, 0.25) is 0 Å². The minimum absolute atomic E-state index is 0.163. The number of hydrogen-bond acceptors (Lipinski definition) is 2. The smallest absolute Gasteiger partial charge is 0.123 e. The second kappa shape index (κ2) is 8.11. The van der Waals surface area contributed by atoms with Crippen molar-refractivity contribution < 1.29 is 4.39 Å². The van der Waals surface area contributed by atoms with Crippen LogP contribution in [0.25, 0.3) is 0 Å². The molecule has 2 nitrogen and oxygen atoms in total. The molecule has 0 aromatic heterocycles. The van der Waals surface area contributed by atoms with Gasteiger partial charge in [0.05, 0.1) is 0 Å². The van der Waals surface area contributed by atoms with Gasteiger partial charge in [-0.1, -0.05) is 42.5 Å². The van der Waals surface area contributed by atoms with E-state index < -0.39 is 0 Å². The van der Waals surface area contributed by atoms with Crippen molar-refractivity contribution in [2.24, 2.45) is 0 Å². The molecule has 25 heavy (non-hydrogen) atoms. The third kappa shape index (κ3) is 4.47. The molecule has 0 amide bonds. The van der Waals surface area contributed by atoms with E-state index in [1.165, 1.54) is 17.5 Å². The van der Waals surface area contributed by atoms with Crippen molar-refractivity contribution in [1.82, 2.24) is 9.80 Å². The van der Waals surface area contributed by atoms with Gasteiger partial charge < -0.3 is 0 Å². The maximum atomic E-state index is 13.2. The van der Waals surface area contributed by atoms with E-state index in [9.17, 15) is 4.39 Å². The fraction of sp³-hybridized carbons (Fsp3) is 0.455. The first kappa shape index (κ1) is 18.1. The van der Waals surface area contributed by atoms with E-state index in [-0.39, 0.29) is 5.82 Å². The maximum Gasteiger partial charge on any atom is 0.123 e. The molecule has 2 atom stereocenters. The van der Waals surface area contributed by atoms with Crippen molar-refractivity contribution in [2.45, 2.75) is 51.4 Å². The molecule has 0 spiro atoms. The number of nitrogens with zero attached hydrogens (tertiary/aromatic N) is 2. The van der Waals surface area contributed by atoms with Gasteiger partial charge in [-0.3, -0.25) is 9.80 Å². The molecule has 1 saturated heterocycles. The Morgan fingerprint density at radius 3 is 2.36 bits per heavy atom. The van der Waals surface area contributed by atoms with Crippen LogP contribution in [-0.2, 0) is 13.0 Å². The number of rotatable bonds is 6. The minimum atomic E-state index is -0.163. The topological polar surface area (TPSA) is 6.48 Å². The van der Waals surface area contributed by atoms with Gasteiger partial charge in [-0.2, -0.15) is 0 Å². The van der Waals surface area contributed by atoms with Gasteiger partial charge in [0.1, 0.15) is 5.82 Å². The van der Waals surface area contributed by atoms with E-state index in [1.807, 2.05) is 12.1 Å². The molecule has 0 N–H and O–H groups in total. The van der Waals surface area contributed by atoms with E-state index >= 15 is 0 Å². The molecule has 1 fully saturated rings. The van der Waals surface area contributed by atoms with E-state index in [4.69, 9.17) is 0 Å². The highest BCUT2D eigenvalue weighted by molar-refractivity contribution is 5.19. The summed E-state index contributed by atoms with van der Waals surface area (Å²) in [6, 6.07) is 19.3. The molecular weight excluding hydrogens is 311 g/mol. The average molecular weight is 340 g/mol. The summed E-state index contributed by atoms with van der Waals surface area (Å²) in [6.45, 7) is 6.52. The van der Waals surface area contributed by atoms with Crippen LogP contribution in [0.4, 0.5) is 4.39 Å². The van der Waals surface area contributed by atoms with E-state index in [1.54, 1.807) is 12.1 Å². The van der Waals surface area contributed by atoms with Crippen LogP contribution in [0, 0.1) is 5.82 Å². The molecule has 0 radical (unpaired) electrons. The van der Waals surface area contributed by atoms with Crippen LogP contribution < -0.4 is 0 Å². The van der Waals surface area contributed by atoms with Crippen molar-refractivity contribution in [2.75, 3.05) is 13.6 Å². The zero-order valence-electron chi connectivity index (χ0n) is 15.5. The number of halogens is 1. The highest BCUT2D eigenvalue weighted by Crippen LogP contribution is 2.28. The third-order valence-electron chi connectivity index (χ3n) is 5.55. The first-order valence-electron chi connectivity index (χ1n) is 9.29. The van der Waals surface area contributed by atoms with Gasteiger partial charge in [0, 0.05) is 31.2 Å². The number of benzene rings is 2. The first-order chi connectivity index (χ1) is 12.0. The molecule has 2 aromatic rings. The van der Waals surface area contributed by atoms with Crippen LogP contribution in [-0.4, -0.2) is 41.5 Å². The maximum absolute atomic E-state index is 13.2. The number of hydrogen-bond donors (Lipinski definition) is 0. The van der Waals surface area contributed by atoms with Crippen LogP contribution in [0.1, 0.15) is 31.4 Å². The lowest BCUT2D eigenvalue weighted by Gasteiger charge is -2.35. The van der Waals surface area contributed by atoms with E-state index in [2.05, 4.69) is 61.0 Å². The van der Waals surface area contributed by atoms with Crippen molar-refractivity contribution in [1.29, 1.82) is 0 Å². The summed E-state index contributed by atoms with van der Waals surface area (Å²) in [5.74, 6) is -0.163.